The van der Waals surface area contributed by atoms with E-state index in [2.05, 4.69) is 46.8 Å². The summed E-state index contributed by atoms with van der Waals surface area (Å²) in [6, 6.07) is 39.8. The minimum Gasteiger partial charge on any atom is -0.468 e. The number of benzene rings is 4. The van der Waals surface area contributed by atoms with Gasteiger partial charge in [-0.2, -0.15) is 0 Å². The molecule has 0 aliphatic carbocycles. The first-order valence-corrected chi connectivity index (χ1v) is 18.9. The number of rotatable bonds is 15. The van der Waals surface area contributed by atoms with Gasteiger partial charge in [-0.1, -0.05) is 129 Å². The average molecular weight is 845 g/mol. The van der Waals surface area contributed by atoms with Crippen molar-refractivity contribution >= 4 is 55.2 Å². The van der Waals surface area contributed by atoms with E-state index in [1.54, 1.807) is 0 Å². The second-order valence-corrected chi connectivity index (χ2v) is 13.3. The first-order chi connectivity index (χ1) is 25.3. The summed E-state index contributed by atoms with van der Waals surface area (Å²) >= 11 is 6.19. The Bertz CT molecular complexity index is 1520. The molecule has 1 heterocycles. The number of methoxy groups -OCH3 is 2. The van der Waals surface area contributed by atoms with Crippen molar-refractivity contribution in [1.82, 2.24) is 0 Å². The maximum Gasteiger partial charge on any atom is 0.336 e. The number of anilines is 2. The van der Waals surface area contributed by atoms with Crippen LogP contribution in [0.5, 0.6) is 0 Å². The fourth-order valence-electron chi connectivity index (χ4n) is 4.85. The number of aliphatic hydroxyl groups is 1. The Balaban J connectivity index is 0.000000238. The molecule has 12 heteroatoms. The molecular formula is C40H48Br2N2O8. The predicted molar refractivity (Wildman–Crippen MR) is 211 cm³/mol. The van der Waals surface area contributed by atoms with Crippen LogP contribution in [0.1, 0.15) is 11.1 Å². The van der Waals surface area contributed by atoms with Gasteiger partial charge in [-0.05, 0) is 35.4 Å². The third-order valence-electron chi connectivity index (χ3n) is 7.50. The van der Waals surface area contributed by atoms with E-state index >= 15 is 0 Å². The highest BCUT2D eigenvalue weighted by Gasteiger charge is 2.33. The number of nitrogens with one attached hydrogen (secondary N) is 1. The number of morpholine rings is 1. The lowest BCUT2D eigenvalue weighted by atomic mass is 10.1. The zero-order valence-electron chi connectivity index (χ0n) is 29.5. The number of ether oxygens (including phenoxy) is 5. The summed E-state index contributed by atoms with van der Waals surface area (Å²) in [7, 11) is 2.74. The number of hydrogen-bond acceptors (Lipinski definition) is 10. The molecule has 10 nitrogen and oxygen atoms in total. The average Bonchev–Trinajstić information content (AvgIpc) is 3.21. The number of carbonyl (C=O) groups is 2. The van der Waals surface area contributed by atoms with Gasteiger partial charge in [0.1, 0.15) is 4.83 Å². The normalized spacial score (nSPS) is 16.1. The quantitative estimate of drug-likeness (QED) is 0.0997. The van der Waals surface area contributed by atoms with Crippen molar-refractivity contribution < 1.29 is 38.4 Å². The van der Waals surface area contributed by atoms with E-state index < -0.39 is 12.2 Å². The monoisotopic (exact) mass is 842 g/mol. The second kappa shape index (κ2) is 25.2. The van der Waals surface area contributed by atoms with Gasteiger partial charge in [0.25, 0.3) is 0 Å². The van der Waals surface area contributed by atoms with Crippen molar-refractivity contribution in [1.29, 1.82) is 0 Å². The number of nitrogens with zero attached hydrogens (tertiary/aromatic N) is 1. The number of aliphatic hydroxyl groups excluding tert-OH is 1. The molecule has 1 aliphatic heterocycles. The van der Waals surface area contributed by atoms with Gasteiger partial charge in [-0.3, -0.25) is 4.79 Å². The van der Waals surface area contributed by atoms with Crippen molar-refractivity contribution in [2.75, 3.05) is 62.6 Å². The van der Waals surface area contributed by atoms with Crippen molar-refractivity contribution in [3.05, 3.63) is 132 Å². The molecule has 1 saturated heterocycles. The fourth-order valence-corrected chi connectivity index (χ4v) is 5.30. The maximum atomic E-state index is 12.0. The lowest BCUT2D eigenvalue weighted by Crippen LogP contribution is -2.52. The molecular weight excluding hydrogens is 796 g/mol. The van der Waals surface area contributed by atoms with Gasteiger partial charge in [-0.15, -0.1) is 0 Å². The lowest BCUT2D eigenvalue weighted by Gasteiger charge is -2.38. The smallest absolute Gasteiger partial charge is 0.336 e. The molecule has 0 bridgehead atoms. The summed E-state index contributed by atoms with van der Waals surface area (Å²) in [5, 5.41) is 13.5. The van der Waals surface area contributed by atoms with Gasteiger partial charge >= 0.3 is 11.9 Å². The molecule has 0 radical (unpaired) electrons. The van der Waals surface area contributed by atoms with E-state index in [4.69, 9.17) is 18.9 Å². The molecule has 52 heavy (non-hydrogen) atoms. The topological polar surface area (TPSA) is 116 Å². The molecule has 1 aliphatic rings. The Morgan fingerprint density at radius 3 is 1.87 bits per heavy atom. The molecule has 1 fully saturated rings. The van der Waals surface area contributed by atoms with Crippen molar-refractivity contribution in [2.45, 2.75) is 36.4 Å². The van der Waals surface area contributed by atoms with Crippen LogP contribution in [-0.2, 0) is 46.5 Å². The minimum absolute atomic E-state index is 0.193. The Kier molecular flexibility index (Phi) is 20.7. The molecule has 4 unspecified atom stereocenters. The summed E-state index contributed by atoms with van der Waals surface area (Å²) in [5.74, 6) is -0.601. The van der Waals surface area contributed by atoms with Crippen molar-refractivity contribution in [3.8, 4) is 0 Å². The van der Waals surface area contributed by atoms with Gasteiger partial charge in [0.2, 0.25) is 0 Å². The highest BCUT2D eigenvalue weighted by atomic mass is 79.9. The van der Waals surface area contributed by atoms with E-state index in [1.165, 1.54) is 14.2 Å². The van der Waals surface area contributed by atoms with Crippen LogP contribution in [0.15, 0.2) is 121 Å². The number of alkyl halides is 2. The van der Waals surface area contributed by atoms with E-state index in [0.717, 1.165) is 22.5 Å². The van der Waals surface area contributed by atoms with Gasteiger partial charge in [0.05, 0.1) is 59.4 Å². The largest absolute Gasteiger partial charge is 0.468 e. The highest BCUT2D eigenvalue weighted by Crippen LogP contribution is 2.21. The molecule has 4 atom stereocenters. The van der Waals surface area contributed by atoms with Gasteiger partial charge in [0, 0.05) is 29.8 Å². The Hall–Kier alpha value is -3.78. The van der Waals surface area contributed by atoms with E-state index in [1.807, 2.05) is 121 Å². The van der Waals surface area contributed by atoms with Crippen LogP contribution in [0.4, 0.5) is 11.4 Å². The number of hydrogen-bond donors (Lipinski definition) is 2. The molecule has 0 amide bonds. The van der Waals surface area contributed by atoms with Crippen LogP contribution in [0, 0.1) is 0 Å². The lowest BCUT2D eigenvalue weighted by molar-refractivity contribution is -0.162. The summed E-state index contributed by atoms with van der Waals surface area (Å²) in [6.45, 7) is 3.44. The maximum absolute atomic E-state index is 12.0. The zero-order valence-corrected chi connectivity index (χ0v) is 32.7. The highest BCUT2D eigenvalue weighted by molar-refractivity contribution is 9.12. The van der Waals surface area contributed by atoms with E-state index in [9.17, 15) is 14.7 Å². The molecule has 5 rings (SSSR count). The molecule has 4 aromatic carbocycles. The minimum atomic E-state index is -0.607. The summed E-state index contributed by atoms with van der Waals surface area (Å²) < 4.78 is 26.4. The van der Waals surface area contributed by atoms with Gasteiger partial charge < -0.3 is 39.0 Å². The van der Waals surface area contributed by atoms with Crippen LogP contribution in [0.2, 0.25) is 0 Å². The van der Waals surface area contributed by atoms with Crippen molar-refractivity contribution in [3.63, 3.8) is 0 Å². The van der Waals surface area contributed by atoms with Crippen LogP contribution < -0.4 is 10.2 Å². The van der Waals surface area contributed by atoms with E-state index in [0.29, 0.717) is 51.4 Å². The summed E-state index contributed by atoms with van der Waals surface area (Å²) in [5.41, 5.74) is 4.30. The first-order valence-electron chi connectivity index (χ1n) is 16.8. The first kappa shape index (κ1) is 42.6. The zero-order chi connectivity index (χ0) is 37.4. The molecule has 0 saturated carbocycles. The third kappa shape index (κ3) is 16.7. The number of carbonyl (C=O) groups excluding carboxylic acids is 2. The van der Waals surface area contributed by atoms with Gasteiger partial charge in [0.15, 0.2) is 6.10 Å². The number of para-hydroxylation sites is 2. The Morgan fingerprint density at radius 2 is 1.35 bits per heavy atom. The molecule has 0 spiro atoms. The van der Waals surface area contributed by atoms with Crippen LogP contribution in [0.25, 0.3) is 0 Å². The molecule has 0 aromatic heterocycles. The van der Waals surface area contributed by atoms with E-state index in [-0.39, 0.29) is 22.9 Å². The van der Waals surface area contributed by atoms with Gasteiger partial charge in [-0.25, -0.2) is 4.79 Å². The number of halogens is 2. The van der Waals surface area contributed by atoms with Crippen LogP contribution in [0.3, 0.4) is 0 Å². The second-order valence-electron chi connectivity index (χ2n) is 11.6. The van der Waals surface area contributed by atoms with Crippen LogP contribution in [-0.4, -0.2) is 92.6 Å². The summed E-state index contributed by atoms with van der Waals surface area (Å²) in [4.78, 5) is 24.3. The standard InChI is InChI=1S/C20H23NO4.C16H19NO2.C4H6Br2O2/c1-23-20(22)19-13-21(17-10-6-3-7-11-17)12-18(25-19)15-24-14-16-8-4-2-5-9-16;18-16(11-17-15-9-5-2-6-10-15)13-19-12-14-7-3-1-4-8-14;1-8-4(7)3(6)2-5/h2-11,18-19H,12-15H2,1H3;1-10,16-18H,11-13H2;3H,2H2,1H3. The fraction of sp³-hybridized carbons (Fsp3) is 0.350. The SMILES string of the molecule is COC(=O)C(Br)CBr.COC(=O)C1CN(c2ccccc2)CC(COCc2ccccc2)O1.OC(CNc1ccccc1)COCc1ccccc1. The number of esters is 2. The molecule has 2 N–H and O–H groups in total. The van der Waals surface area contributed by atoms with Crippen LogP contribution >= 0.6 is 31.9 Å². The van der Waals surface area contributed by atoms with Crippen molar-refractivity contribution in [2.24, 2.45) is 0 Å². The Labute approximate surface area is 323 Å². The molecule has 280 valence electrons. The summed E-state index contributed by atoms with van der Waals surface area (Å²) in [6.07, 6.45) is -1.31. The Morgan fingerprint density at radius 1 is 0.808 bits per heavy atom. The predicted octanol–water partition coefficient (Wildman–Crippen LogP) is 6.64. The third-order valence-corrected chi connectivity index (χ3v) is 9.71. The molecule has 4 aromatic rings.